The first-order valence-corrected chi connectivity index (χ1v) is 14.0. The van der Waals surface area contributed by atoms with Crippen molar-refractivity contribution in [3.8, 4) is 11.1 Å². The lowest BCUT2D eigenvalue weighted by Crippen LogP contribution is -3.00. The highest BCUT2D eigenvalue weighted by Gasteiger charge is 2.39. The van der Waals surface area contributed by atoms with Gasteiger partial charge in [0, 0.05) is 67.5 Å². The van der Waals surface area contributed by atoms with Crippen molar-refractivity contribution in [1.29, 1.82) is 0 Å². The largest absolute Gasteiger partial charge is 1.00 e. The predicted molar refractivity (Wildman–Crippen MR) is 145 cm³/mol. The number of likely N-dealkylation sites (tertiary alicyclic amines) is 1. The van der Waals surface area contributed by atoms with E-state index >= 15 is 0 Å². The third-order valence-corrected chi connectivity index (χ3v) is 8.36. The molecule has 10 heteroatoms. The second kappa shape index (κ2) is 13.5. The number of quaternary nitrogens is 1. The molecule has 0 atom stereocenters. The Balaban J connectivity index is 0.00000370. The summed E-state index contributed by atoms with van der Waals surface area (Å²) in [5.41, 5.74) is 0.726. The molecule has 2 aliphatic rings. The number of hydrogen-bond acceptors (Lipinski definition) is 4. The van der Waals surface area contributed by atoms with E-state index in [2.05, 4.69) is 22.1 Å². The molecule has 2 aliphatic heterocycles. The van der Waals surface area contributed by atoms with E-state index in [0.29, 0.717) is 23.4 Å². The number of nitrogens with zero attached hydrogens (tertiary/aromatic N) is 4. The molecule has 1 aromatic heterocycles. The van der Waals surface area contributed by atoms with Gasteiger partial charge in [0.05, 0.1) is 25.7 Å². The standard InChI is InChI=1S/C30H36F4N5.HI/c1-2-14-39(15-4-3-5-16-39)24-10-12-38(13-11-24)30-36-20-26(25-9-8-23(32)18-28(25)34)29(37-30)35-19-21-6-7-22(31)17-27(21)33;/h6-9,17-18,20,24H,2-5,10-16,19H2,1H3,(H,35,36,37);1H/q+1;/p-1. The van der Waals surface area contributed by atoms with Gasteiger partial charge in [-0.3, -0.25) is 0 Å². The van der Waals surface area contributed by atoms with E-state index in [4.69, 9.17) is 4.98 Å². The second-order valence-corrected chi connectivity index (χ2v) is 10.8. The number of anilines is 2. The lowest BCUT2D eigenvalue weighted by atomic mass is 9.95. The van der Waals surface area contributed by atoms with Crippen LogP contribution in [0.4, 0.5) is 29.3 Å². The molecule has 0 amide bonds. The monoisotopic (exact) mass is 669 g/mol. The minimum Gasteiger partial charge on any atom is -1.00 e. The summed E-state index contributed by atoms with van der Waals surface area (Å²) < 4.78 is 57.2. The molecule has 2 fully saturated rings. The molecule has 3 heterocycles. The molecule has 0 saturated carbocycles. The molecule has 1 N–H and O–H groups in total. The lowest BCUT2D eigenvalue weighted by Gasteiger charge is -2.50. The zero-order chi connectivity index (χ0) is 27.4. The Morgan fingerprint density at radius 2 is 1.57 bits per heavy atom. The van der Waals surface area contributed by atoms with Crippen LogP contribution < -0.4 is 34.2 Å². The Morgan fingerprint density at radius 1 is 0.900 bits per heavy atom. The van der Waals surface area contributed by atoms with Gasteiger partial charge in [-0.05, 0) is 43.9 Å². The van der Waals surface area contributed by atoms with Gasteiger partial charge in [0.1, 0.15) is 29.1 Å². The molecule has 5 rings (SSSR count). The van der Waals surface area contributed by atoms with Gasteiger partial charge < -0.3 is 38.7 Å². The molecule has 0 unspecified atom stereocenters. The van der Waals surface area contributed by atoms with E-state index in [9.17, 15) is 17.6 Å². The van der Waals surface area contributed by atoms with Gasteiger partial charge in [0.25, 0.3) is 0 Å². The van der Waals surface area contributed by atoms with E-state index in [-0.39, 0.29) is 41.6 Å². The third-order valence-electron chi connectivity index (χ3n) is 8.36. The van der Waals surface area contributed by atoms with Crippen LogP contribution >= 0.6 is 0 Å². The maximum atomic E-state index is 14.7. The van der Waals surface area contributed by atoms with E-state index in [1.54, 1.807) is 0 Å². The topological polar surface area (TPSA) is 41.1 Å². The maximum Gasteiger partial charge on any atom is 0.227 e. The average molecular weight is 670 g/mol. The number of aromatic nitrogens is 2. The fourth-order valence-electron chi connectivity index (χ4n) is 6.38. The SMILES string of the molecule is CCC[N+]1(C2CCN(c3ncc(-c4ccc(F)cc4F)c(NCc4ccc(F)cc4F)n3)CC2)CCCCC1.[I-]. The number of benzene rings is 2. The Labute approximate surface area is 250 Å². The van der Waals surface area contributed by atoms with Crippen molar-refractivity contribution in [1.82, 2.24) is 9.97 Å². The third kappa shape index (κ3) is 6.70. The molecule has 2 aromatic carbocycles. The van der Waals surface area contributed by atoms with Gasteiger partial charge in [0.15, 0.2) is 0 Å². The van der Waals surface area contributed by atoms with Crippen LogP contribution in [0.15, 0.2) is 42.6 Å². The van der Waals surface area contributed by atoms with Crippen LogP contribution in [0.3, 0.4) is 0 Å². The van der Waals surface area contributed by atoms with Crippen molar-refractivity contribution in [3.63, 3.8) is 0 Å². The Hall–Kier alpha value is -2.47. The average Bonchev–Trinajstić information content (AvgIpc) is 2.93. The number of halogens is 5. The van der Waals surface area contributed by atoms with Crippen LogP contribution in [0.1, 0.15) is 51.0 Å². The number of piperidine rings is 2. The van der Waals surface area contributed by atoms with Crippen molar-refractivity contribution < 1.29 is 46.0 Å². The van der Waals surface area contributed by atoms with Gasteiger partial charge in [-0.15, -0.1) is 0 Å². The van der Waals surface area contributed by atoms with Gasteiger partial charge >= 0.3 is 0 Å². The van der Waals surface area contributed by atoms with Crippen LogP contribution in [0.5, 0.6) is 0 Å². The molecule has 0 spiro atoms. The van der Waals surface area contributed by atoms with Gasteiger partial charge in [-0.25, -0.2) is 22.5 Å². The molecule has 0 bridgehead atoms. The summed E-state index contributed by atoms with van der Waals surface area (Å²) in [6.07, 6.45) is 8.76. The molecule has 2 saturated heterocycles. The smallest absolute Gasteiger partial charge is 0.227 e. The Bertz CT molecular complexity index is 1290. The molecular formula is C30H36F4IN5. The van der Waals surface area contributed by atoms with E-state index in [1.165, 1.54) is 80.3 Å². The minimum atomic E-state index is -0.741. The zero-order valence-corrected chi connectivity index (χ0v) is 24.9. The fourth-order valence-corrected chi connectivity index (χ4v) is 6.38. The predicted octanol–water partition coefficient (Wildman–Crippen LogP) is 3.70. The zero-order valence-electron chi connectivity index (χ0n) is 22.8. The number of rotatable bonds is 8. The summed E-state index contributed by atoms with van der Waals surface area (Å²) in [5.74, 6) is -1.95. The highest BCUT2D eigenvalue weighted by Crippen LogP contribution is 2.33. The Kier molecular flexibility index (Phi) is 10.3. The van der Waals surface area contributed by atoms with Crippen LogP contribution in [0, 0.1) is 23.3 Å². The molecular weight excluding hydrogens is 633 g/mol. The van der Waals surface area contributed by atoms with E-state index in [1.807, 2.05) is 0 Å². The van der Waals surface area contributed by atoms with Crippen molar-refractivity contribution in [2.75, 3.05) is 42.9 Å². The molecule has 5 nitrogen and oxygen atoms in total. The molecule has 0 aliphatic carbocycles. The van der Waals surface area contributed by atoms with Crippen LogP contribution in [0.25, 0.3) is 11.1 Å². The summed E-state index contributed by atoms with van der Waals surface area (Å²) in [7, 11) is 0. The maximum absolute atomic E-state index is 14.7. The normalized spacial score (nSPS) is 17.4. The first-order valence-electron chi connectivity index (χ1n) is 14.0. The Morgan fingerprint density at radius 3 is 2.23 bits per heavy atom. The van der Waals surface area contributed by atoms with Crippen molar-refractivity contribution in [2.24, 2.45) is 0 Å². The van der Waals surface area contributed by atoms with Gasteiger partial charge in [-0.2, -0.15) is 4.98 Å². The van der Waals surface area contributed by atoms with Crippen molar-refractivity contribution >= 4 is 11.8 Å². The second-order valence-electron chi connectivity index (χ2n) is 10.8. The quantitative estimate of drug-likeness (QED) is 0.226. The first kappa shape index (κ1) is 30.5. The van der Waals surface area contributed by atoms with E-state index in [0.717, 1.165) is 38.1 Å². The summed E-state index contributed by atoms with van der Waals surface area (Å²) in [6, 6.07) is 7.33. The van der Waals surface area contributed by atoms with Crippen LogP contribution in [-0.2, 0) is 6.54 Å². The lowest BCUT2D eigenvalue weighted by molar-refractivity contribution is -0.956. The fraction of sp³-hybridized carbons (Fsp3) is 0.467. The summed E-state index contributed by atoms with van der Waals surface area (Å²) in [4.78, 5) is 11.4. The molecule has 0 radical (unpaired) electrons. The summed E-state index contributed by atoms with van der Waals surface area (Å²) >= 11 is 0. The number of nitrogens with one attached hydrogen (secondary N) is 1. The highest BCUT2D eigenvalue weighted by molar-refractivity contribution is 5.75. The van der Waals surface area contributed by atoms with E-state index < -0.39 is 23.3 Å². The number of hydrogen-bond donors (Lipinski definition) is 1. The summed E-state index contributed by atoms with van der Waals surface area (Å²) in [5, 5.41) is 3.09. The van der Waals surface area contributed by atoms with Crippen LogP contribution in [-0.4, -0.2) is 53.2 Å². The molecule has 40 heavy (non-hydrogen) atoms. The first-order chi connectivity index (χ1) is 18.9. The van der Waals surface area contributed by atoms with Gasteiger partial charge in [-0.1, -0.05) is 13.0 Å². The van der Waals surface area contributed by atoms with Crippen LogP contribution in [0.2, 0.25) is 0 Å². The van der Waals surface area contributed by atoms with Gasteiger partial charge in [0.2, 0.25) is 5.95 Å². The molecule has 3 aromatic rings. The minimum absolute atomic E-state index is 0. The van der Waals surface area contributed by atoms with Crippen molar-refractivity contribution in [2.45, 2.75) is 58.0 Å². The highest BCUT2D eigenvalue weighted by atomic mass is 127. The summed E-state index contributed by atoms with van der Waals surface area (Å²) in [6.45, 7) is 7.69. The van der Waals surface area contributed by atoms with Crippen molar-refractivity contribution in [3.05, 3.63) is 71.4 Å². The molecule has 216 valence electrons.